The van der Waals surface area contributed by atoms with Gasteiger partial charge in [0.15, 0.2) is 0 Å². The van der Waals surface area contributed by atoms with Crippen molar-refractivity contribution >= 4 is 0 Å². The van der Waals surface area contributed by atoms with Crippen LogP contribution in [0.5, 0.6) is 5.75 Å². The summed E-state index contributed by atoms with van der Waals surface area (Å²) in [5.41, 5.74) is 2.77. The summed E-state index contributed by atoms with van der Waals surface area (Å²) in [6, 6.07) is 6.60. The van der Waals surface area contributed by atoms with Crippen molar-refractivity contribution in [2.75, 3.05) is 6.61 Å². The second-order valence-electron chi connectivity index (χ2n) is 6.35. The van der Waals surface area contributed by atoms with Crippen molar-refractivity contribution in [3.8, 4) is 5.75 Å². The van der Waals surface area contributed by atoms with Crippen LogP contribution in [-0.2, 0) is 11.8 Å². The average Bonchev–Trinajstić information content (AvgIpc) is 2.35. The van der Waals surface area contributed by atoms with Gasteiger partial charge in [-0.3, -0.25) is 0 Å². The van der Waals surface area contributed by atoms with Crippen LogP contribution in [0.1, 0.15) is 52.2 Å². The maximum atomic E-state index is 5.88. The molecule has 0 heterocycles. The predicted molar refractivity (Wildman–Crippen MR) is 84.0 cm³/mol. The zero-order valence-electron chi connectivity index (χ0n) is 13.1. The van der Waals surface area contributed by atoms with Crippen molar-refractivity contribution in [1.82, 2.24) is 0 Å². The van der Waals surface area contributed by atoms with Gasteiger partial charge >= 0.3 is 0 Å². The summed E-state index contributed by atoms with van der Waals surface area (Å²) in [4.78, 5) is 0. The molecular formula is C18H28O. The molecule has 1 nitrogen and oxygen atoms in total. The Balaban J connectivity index is 3.04. The number of ether oxygens (including phenoxy) is 1. The molecular weight excluding hydrogens is 232 g/mol. The Morgan fingerprint density at radius 3 is 2.53 bits per heavy atom. The Labute approximate surface area is 118 Å². The van der Waals surface area contributed by atoms with Gasteiger partial charge in [-0.1, -0.05) is 52.8 Å². The normalized spacial score (nSPS) is 13.1. The first-order valence-corrected chi connectivity index (χ1v) is 7.27. The molecule has 1 unspecified atom stereocenters. The summed E-state index contributed by atoms with van der Waals surface area (Å²) >= 11 is 0. The quantitative estimate of drug-likeness (QED) is 0.644. The Bertz CT molecular complexity index is 412. The molecule has 0 bridgehead atoms. The van der Waals surface area contributed by atoms with Crippen molar-refractivity contribution in [2.24, 2.45) is 5.92 Å². The molecule has 1 heteroatoms. The third kappa shape index (κ3) is 4.74. The van der Waals surface area contributed by atoms with E-state index in [1.165, 1.54) is 11.1 Å². The van der Waals surface area contributed by atoms with Gasteiger partial charge in [-0.25, -0.2) is 0 Å². The molecule has 1 aromatic rings. The van der Waals surface area contributed by atoms with Gasteiger partial charge < -0.3 is 4.74 Å². The zero-order valence-corrected chi connectivity index (χ0v) is 13.1. The highest BCUT2D eigenvalue weighted by Crippen LogP contribution is 2.33. The van der Waals surface area contributed by atoms with Crippen molar-refractivity contribution < 1.29 is 4.74 Å². The Kier molecular flexibility index (Phi) is 5.65. The van der Waals surface area contributed by atoms with Crippen LogP contribution in [0.2, 0.25) is 0 Å². The summed E-state index contributed by atoms with van der Waals surface area (Å²) in [7, 11) is 0. The summed E-state index contributed by atoms with van der Waals surface area (Å²) in [5, 5.41) is 0. The Hall–Kier alpha value is -1.24. The fourth-order valence-electron chi connectivity index (χ4n) is 2.08. The van der Waals surface area contributed by atoms with Gasteiger partial charge in [-0.2, -0.15) is 0 Å². The van der Waals surface area contributed by atoms with E-state index in [9.17, 15) is 0 Å². The third-order valence-electron chi connectivity index (χ3n) is 3.27. The van der Waals surface area contributed by atoms with Gasteiger partial charge in [0, 0.05) is 0 Å². The maximum Gasteiger partial charge on any atom is 0.123 e. The molecule has 0 aliphatic heterocycles. The van der Waals surface area contributed by atoms with Crippen molar-refractivity contribution in [2.45, 2.75) is 52.9 Å². The van der Waals surface area contributed by atoms with E-state index in [4.69, 9.17) is 4.74 Å². The molecule has 0 spiro atoms. The lowest BCUT2D eigenvalue weighted by Crippen LogP contribution is -2.14. The van der Waals surface area contributed by atoms with E-state index in [1.807, 2.05) is 6.08 Å². The lowest BCUT2D eigenvalue weighted by Gasteiger charge is -2.24. The van der Waals surface area contributed by atoms with Gasteiger partial charge in [0.25, 0.3) is 0 Å². The lowest BCUT2D eigenvalue weighted by atomic mass is 9.84. The summed E-state index contributed by atoms with van der Waals surface area (Å²) in [5.74, 6) is 1.54. The SMILES string of the molecule is C=CC(C)Cc1ccc(OCCC)c(C(C)(C)C)c1. The van der Waals surface area contributed by atoms with Gasteiger partial charge in [0.1, 0.15) is 5.75 Å². The van der Waals surface area contributed by atoms with E-state index in [0.29, 0.717) is 5.92 Å². The Morgan fingerprint density at radius 1 is 1.32 bits per heavy atom. The minimum atomic E-state index is 0.108. The smallest absolute Gasteiger partial charge is 0.123 e. The van der Waals surface area contributed by atoms with Gasteiger partial charge in [0.2, 0.25) is 0 Å². The number of hydrogen-bond acceptors (Lipinski definition) is 1. The topological polar surface area (TPSA) is 9.23 Å². The minimum Gasteiger partial charge on any atom is -0.493 e. The fourth-order valence-corrected chi connectivity index (χ4v) is 2.08. The standard InChI is InChI=1S/C18H28O/c1-7-11-19-17-10-9-15(12-14(3)8-2)13-16(17)18(4,5)6/h8-10,13-14H,2,7,11-12H2,1,3-6H3. The van der Waals surface area contributed by atoms with Crippen LogP contribution >= 0.6 is 0 Å². The molecule has 0 radical (unpaired) electrons. The zero-order chi connectivity index (χ0) is 14.5. The molecule has 0 aromatic heterocycles. The first-order chi connectivity index (χ1) is 8.88. The van der Waals surface area contributed by atoms with Crippen LogP contribution in [0, 0.1) is 5.92 Å². The predicted octanol–water partition coefficient (Wildman–Crippen LogP) is 5.14. The van der Waals surface area contributed by atoms with E-state index in [-0.39, 0.29) is 5.41 Å². The second-order valence-corrected chi connectivity index (χ2v) is 6.35. The first-order valence-electron chi connectivity index (χ1n) is 7.27. The van der Waals surface area contributed by atoms with Gasteiger partial charge in [0.05, 0.1) is 6.61 Å². The highest BCUT2D eigenvalue weighted by molar-refractivity contribution is 5.41. The highest BCUT2D eigenvalue weighted by atomic mass is 16.5. The third-order valence-corrected chi connectivity index (χ3v) is 3.27. The highest BCUT2D eigenvalue weighted by Gasteiger charge is 2.19. The van der Waals surface area contributed by atoms with E-state index in [1.54, 1.807) is 0 Å². The van der Waals surface area contributed by atoms with Crippen molar-refractivity contribution in [3.05, 3.63) is 42.0 Å². The van der Waals surface area contributed by atoms with Crippen LogP contribution < -0.4 is 4.74 Å². The molecule has 0 fully saturated rings. The van der Waals surface area contributed by atoms with Crippen LogP contribution in [0.25, 0.3) is 0 Å². The summed E-state index contributed by atoms with van der Waals surface area (Å²) in [6.45, 7) is 15.7. The van der Waals surface area contributed by atoms with Crippen LogP contribution in [0.15, 0.2) is 30.9 Å². The molecule has 0 amide bonds. The maximum absolute atomic E-state index is 5.88. The summed E-state index contributed by atoms with van der Waals surface area (Å²) < 4.78 is 5.88. The molecule has 0 aliphatic carbocycles. The molecule has 1 rings (SSSR count). The molecule has 0 saturated heterocycles. The largest absolute Gasteiger partial charge is 0.493 e. The van der Waals surface area contributed by atoms with Crippen LogP contribution in [0.3, 0.4) is 0 Å². The van der Waals surface area contributed by atoms with Crippen LogP contribution in [-0.4, -0.2) is 6.61 Å². The van der Waals surface area contributed by atoms with Crippen LogP contribution in [0.4, 0.5) is 0 Å². The number of hydrogen-bond donors (Lipinski definition) is 0. The van der Waals surface area contributed by atoms with Crippen molar-refractivity contribution in [1.29, 1.82) is 0 Å². The molecule has 1 aromatic carbocycles. The first kappa shape index (κ1) is 15.8. The minimum absolute atomic E-state index is 0.108. The second kappa shape index (κ2) is 6.79. The molecule has 106 valence electrons. The number of rotatable bonds is 6. The monoisotopic (exact) mass is 260 g/mol. The Morgan fingerprint density at radius 2 is 2.00 bits per heavy atom. The molecule has 0 aliphatic rings. The molecule has 1 atom stereocenters. The average molecular weight is 260 g/mol. The number of allylic oxidation sites excluding steroid dienone is 1. The molecule has 19 heavy (non-hydrogen) atoms. The van der Waals surface area contributed by atoms with Gasteiger partial charge in [-0.05, 0) is 41.4 Å². The summed E-state index contributed by atoms with van der Waals surface area (Å²) in [6.07, 6.45) is 4.09. The molecule has 0 saturated carbocycles. The lowest BCUT2D eigenvalue weighted by molar-refractivity contribution is 0.308. The van der Waals surface area contributed by atoms with E-state index < -0.39 is 0 Å². The number of benzene rings is 1. The van der Waals surface area contributed by atoms with E-state index in [2.05, 4.69) is 59.4 Å². The van der Waals surface area contributed by atoms with Gasteiger partial charge in [-0.15, -0.1) is 6.58 Å². The van der Waals surface area contributed by atoms with E-state index in [0.717, 1.165) is 25.2 Å². The fraction of sp³-hybridized carbons (Fsp3) is 0.556. The van der Waals surface area contributed by atoms with Crippen molar-refractivity contribution in [3.63, 3.8) is 0 Å². The van der Waals surface area contributed by atoms with E-state index >= 15 is 0 Å². The molecule has 0 N–H and O–H groups in total.